The van der Waals surface area contributed by atoms with Gasteiger partial charge in [0.15, 0.2) is 0 Å². The Kier molecular flexibility index (Phi) is 4.46. The van der Waals surface area contributed by atoms with Gasteiger partial charge in [-0.05, 0) is 30.3 Å². The summed E-state index contributed by atoms with van der Waals surface area (Å²) in [5.74, 6) is -1.14. The average molecular weight is 353 g/mol. The highest BCUT2D eigenvalue weighted by atomic mass is 79.9. The molecule has 0 bridgehead atoms. The summed E-state index contributed by atoms with van der Waals surface area (Å²) in [6.45, 7) is 0. The summed E-state index contributed by atoms with van der Waals surface area (Å²) in [7, 11) is 0. The van der Waals surface area contributed by atoms with Crippen molar-refractivity contribution in [3.63, 3.8) is 0 Å². The number of rotatable bonds is 3. The summed E-state index contributed by atoms with van der Waals surface area (Å²) in [5.41, 5.74) is 6.53. The van der Waals surface area contributed by atoms with Crippen molar-refractivity contribution in [1.29, 1.82) is 0 Å². The van der Waals surface area contributed by atoms with Crippen molar-refractivity contribution >= 4 is 44.7 Å². The van der Waals surface area contributed by atoms with Gasteiger partial charge in [-0.1, -0.05) is 40.3 Å². The third kappa shape index (κ3) is 3.20. The molecule has 0 aliphatic rings. The minimum Gasteiger partial charge on any atom is -0.389 e. The first kappa shape index (κ1) is 14.6. The minimum absolute atomic E-state index is 0.0377. The van der Waals surface area contributed by atoms with E-state index in [-0.39, 0.29) is 10.6 Å². The first-order valence-electron chi connectivity index (χ1n) is 5.64. The van der Waals surface area contributed by atoms with E-state index < -0.39 is 11.7 Å². The van der Waals surface area contributed by atoms with Gasteiger partial charge in [0, 0.05) is 10.0 Å². The topological polar surface area (TPSA) is 55.1 Å². The van der Waals surface area contributed by atoms with E-state index >= 15 is 0 Å². The molecule has 0 aromatic heterocycles. The number of carbonyl (C=O) groups is 1. The number of hydrogen-bond acceptors (Lipinski definition) is 2. The first-order valence-corrected chi connectivity index (χ1v) is 6.84. The first-order chi connectivity index (χ1) is 9.49. The van der Waals surface area contributed by atoms with Crippen LogP contribution in [-0.2, 0) is 0 Å². The Labute approximate surface area is 129 Å². The maximum Gasteiger partial charge on any atom is 0.258 e. The Bertz CT molecular complexity index is 691. The van der Waals surface area contributed by atoms with E-state index in [1.54, 1.807) is 24.3 Å². The molecule has 1 amide bonds. The normalized spacial score (nSPS) is 10.1. The summed E-state index contributed by atoms with van der Waals surface area (Å²) < 4.78 is 14.3. The Morgan fingerprint density at radius 1 is 1.20 bits per heavy atom. The Morgan fingerprint density at radius 2 is 1.90 bits per heavy atom. The van der Waals surface area contributed by atoms with E-state index in [4.69, 9.17) is 18.0 Å². The highest BCUT2D eigenvalue weighted by Crippen LogP contribution is 2.22. The lowest BCUT2D eigenvalue weighted by molar-refractivity contribution is 0.102. The van der Waals surface area contributed by atoms with Crippen LogP contribution >= 0.6 is 28.1 Å². The van der Waals surface area contributed by atoms with Crippen molar-refractivity contribution in [3.05, 3.63) is 63.9 Å². The smallest absolute Gasteiger partial charge is 0.258 e. The molecule has 3 N–H and O–H groups in total. The summed E-state index contributed by atoms with van der Waals surface area (Å²) in [6, 6.07) is 10.8. The molecular weight excluding hydrogens is 343 g/mol. The van der Waals surface area contributed by atoms with Gasteiger partial charge in [0.05, 0.1) is 11.3 Å². The number of carbonyl (C=O) groups excluding carboxylic acids is 1. The molecule has 0 atom stereocenters. The van der Waals surface area contributed by atoms with Crippen LogP contribution in [0, 0.1) is 5.82 Å². The fraction of sp³-hybridized carbons (Fsp3) is 0. The van der Waals surface area contributed by atoms with Crippen molar-refractivity contribution in [2.24, 2.45) is 5.73 Å². The second-order valence-corrected chi connectivity index (χ2v) is 5.34. The second kappa shape index (κ2) is 6.11. The molecule has 20 heavy (non-hydrogen) atoms. The van der Waals surface area contributed by atoms with E-state index in [2.05, 4.69) is 21.2 Å². The number of halogens is 2. The molecule has 0 spiro atoms. The van der Waals surface area contributed by atoms with Crippen LogP contribution in [0.15, 0.2) is 46.9 Å². The molecule has 0 saturated carbocycles. The zero-order chi connectivity index (χ0) is 14.7. The predicted octanol–water partition coefficient (Wildman–Crippen LogP) is 3.47. The van der Waals surface area contributed by atoms with E-state index in [9.17, 15) is 9.18 Å². The molecule has 6 heteroatoms. The quantitative estimate of drug-likeness (QED) is 0.831. The van der Waals surface area contributed by atoms with Crippen LogP contribution in [0.1, 0.15) is 15.9 Å². The fourth-order valence-electron chi connectivity index (χ4n) is 1.66. The minimum atomic E-state index is -0.584. The highest BCUT2D eigenvalue weighted by Gasteiger charge is 2.14. The van der Waals surface area contributed by atoms with Crippen LogP contribution < -0.4 is 11.1 Å². The lowest BCUT2D eigenvalue weighted by Gasteiger charge is -2.11. The van der Waals surface area contributed by atoms with Crippen LogP contribution in [0.3, 0.4) is 0 Å². The van der Waals surface area contributed by atoms with Gasteiger partial charge in [-0.2, -0.15) is 0 Å². The molecule has 0 heterocycles. The standard InChI is InChI=1S/C14H10BrFN2OS/c15-8-5-6-12(10(7-8)13(17)20)18-14(19)9-3-1-2-4-11(9)16/h1-7H,(H2,17,20)(H,18,19). The second-order valence-electron chi connectivity index (χ2n) is 3.99. The van der Waals surface area contributed by atoms with Crippen LogP contribution in [0.25, 0.3) is 0 Å². The molecule has 3 nitrogen and oxygen atoms in total. The van der Waals surface area contributed by atoms with Gasteiger partial charge in [0.25, 0.3) is 5.91 Å². The van der Waals surface area contributed by atoms with E-state index in [0.29, 0.717) is 11.3 Å². The number of benzene rings is 2. The number of thiocarbonyl (C=S) groups is 1. The van der Waals surface area contributed by atoms with Crippen LogP contribution in [0.4, 0.5) is 10.1 Å². The summed E-state index contributed by atoms with van der Waals surface area (Å²) in [5, 5.41) is 2.61. The molecule has 0 saturated heterocycles. The molecule has 2 rings (SSSR count). The average Bonchev–Trinajstić information content (AvgIpc) is 2.41. The van der Waals surface area contributed by atoms with E-state index in [1.165, 1.54) is 18.2 Å². The van der Waals surface area contributed by atoms with Crippen LogP contribution in [-0.4, -0.2) is 10.9 Å². The maximum atomic E-state index is 13.5. The highest BCUT2D eigenvalue weighted by molar-refractivity contribution is 9.10. The third-order valence-electron chi connectivity index (χ3n) is 2.61. The van der Waals surface area contributed by atoms with Gasteiger partial charge in [-0.3, -0.25) is 4.79 Å². The summed E-state index contributed by atoms with van der Waals surface area (Å²) in [6.07, 6.45) is 0. The molecular formula is C14H10BrFN2OS. The van der Waals surface area contributed by atoms with Gasteiger partial charge in [-0.25, -0.2) is 4.39 Å². The maximum absolute atomic E-state index is 13.5. The number of nitrogens with two attached hydrogens (primary N) is 1. The Balaban J connectivity index is 2.33. The Hall–Kier alpha value is -1.79. The van der Waals surface area contributed by atoms with Crippen molar-refractivity contribution < 1.29 is 9.18 Å². The van der Waals surface area contributed by atoms with Crippen LogP contribution in [0.2, 0.25) is 0 Å². The van der Waals surface area contributed by atoms with Crippen molar-refractivity contribution in [3.8, 4) is 0 Å². The SMILES string of the molecule is NC(=S)c1cc(Br)ccc1NC(=O)c1ccccc1F. The number of amides is 1. The summed E-state index contributed by atoms with van der Waals surface area (Å²) in [4.78, 5) is 12.2. The predicted molar refractivity (Wildman–Crippen MR) is 84.4 cm³/mol. The molecule has 0 unspecified atom stereocenters. The lowest BCUT2D eigenvalue weighted by Crippen LogP contribution is -2.18. The van der Waals surface area contributed by atoms with Gasteiger partial charge in [0.2, 0.25) is 0 Å². The number of anilines is 1. The number of nitrogens with one attached hydrogen (secondary N) is 1. The lowest BCUT2D eigenvalue weighted by atomic mass is 10.1. The monoisotopic (exact) mass is 352 g/mol. The molecule has 0 aliphatic heterocycles. The van der Waals surface area contributed by atoms with Gasteiger partial charge in [-0.15, -0.1) is 0 Å². The zero-order valence-corrected chi connectivity index (χ0v) is 12.6. The molecule has 0 fully saturated rings. The third-order valence-corrected chi connectivity index (χ3v) is 3.33. The van der Waals surface area contributed by atoms with Gasteiger partial charge >= 0.3 is 0 Å². The van der Waals surface area contributed by atoms with E-state index in [0.717, 1.165) is 4.47 Å². The molecule has 2 aromatic rings. The van der Waals surface area contributed by atoms with Crippen LogP contribution in [0.5, 0.6) is 0 Å². The number of hydrogen-bond donors (Lipinski definition) is 2. The Morgan fingerprint density at radius 3 is 2.55 bits per heavy atom. The van der Waals surface area contributed by atoms with Crippen molar-refractivity contribution in [2.75, 3.05) is 5.32 Å². The molecule has 0 aliphatic carbocycles. The molecule has 102 valence electrons. The van der Waals surface area contributed by atoms with Gasteiger partial charge < -0.3 is 11.1 Å². The largest absolute Gasteiger partial charge is 0.389 e. The molecule has 0 radical (unpaired) electrons. The van der Waals surface area contributed by atoms with E-state index in [1.807, 2.05) is 0 Å². The van der Waals surface area contributed by atoms with Crippen molar-refractivity contribution in [1.82, 2.24) is 0 Å². The summed E-state index contributed by atoms with van der Waals surface area (Å²) >= 11 is 8.24. The fourth-order valence-corrected chi connectivity index (χ4v) is 2.19. The van der Waals surface area contributed by atoms with Crippen molar-refractivity contribution in [2.45, 2.75) is 0 Å². The van der Waals surface area contributed by atoms with Gasteiger partial charge in [0.1, 0.15) is 10.8 Å². The molecule has 2 aromatic carbocycles. The zero-order valence-electron chi connectivity index (χ0n) is 10.2.